The molecule has 1 aromatic carbocycles. The number of hydrogen-bond donors (Lipinski definition) is 1. The lowest BCUT2D eigenvalue weighted by Crippen LogP contribution is -2.19. The number of benzene rings is 1. The Balaban J connectivity index is 1.66. The number of rotatable bonds is 4. The van der Waals surface area contributed by atoms with Crippen molar-refractivity contribution in [2.24, 2.45) is 4.99 Å². The van der Waals surface area contributed by atoms with Crippen LogP contribution < -0.4 is 5.32 Å². The van der Waals surface area contributed by atoms with Crippen LogP contribution in [-0.2, 0) is 11.2 Å². The molecule has 1 amide bonds. The van der Waals surface area contributed by atoms with Gasteiger partial charge in [0, 0.05) is 16.3 Å². The summed E-state index contributed by atoms with van der Waals surface area (Å²) in [4.78, 5) is 18.9. The largest absolute Gasteiger partial charge is 0.308 e. The molecule has 3 heterocycles. The van der Waals surface area contributed by atoms with Gasteiger partial charge in [0.2, 0.25) is 0 Å². The number of nitriles is 1. The highest BCUT2D eigenvalue weighted by Gasteiger charge is 2.25. The van der Waals surface area contributed by atoms with E-state index in [1.165, 1.54) is 17.3 Å². The molecule has 2 aromatic heterocycles. The molecule has 1 N–H and O–H groups in total. The predicted octanol–water partition coefficient (Wildman–Crippen LogP) is 6.10. The second-order valence-electron chi connectivity index (χ2n) is 7.74. The maximum atomic E-state index is 12.6. The molecule has 7 heteroatoms. The molecule has 4 rings (SSSR count). The lowest BCUT2D eigenvalue weighted by Gasteiger charge is -2.07. The fourth-order valence-corrected chi connectivity index (χ4v) is 5.74. The third kappa shape index (κ3) is 4.04. The van der Waals surface area contributed by atoms with Gasteiger partial charge < -0.3 is 9.88 Å². The van der Waals surface area contributed by atoms with E-state index in [9.17, 15) is 10.1 Å². The van der Waals surface area contributed by atoms with Crippen molar-refractivity contribution in [1.82, 2.24) is 9.88 Å². The van der Waals surface area contributed by atoms with Crippen molar-refractivity contribution in [3.05, 3.63) is 73.8 Å². The van der Waals surface area contributed by atoms with Gasteiger partial charge in [-0.05, 0) is 86.8 Å². The van der Waals surface area contributed by atoms with Crippen LogP contribution in [0.1, 0.15) is 45.4 Å². The van der Waals surface area contributed by atoms with Crippen LogP contribution in [0.3, 0.4) is 0 Å². The molecule has 0 aliphatic carbocycles. The second-order valence-corrected chi connectivity index (χ2v) is 9.97. The number of amidine groups is 1. The van der Waals surface area contributed by atoms with Crippen LogP contribution in [0.2, 0.25) is 0 Å². The number of thiophene rings is 1. The molecule has 0 unspecified atom stereocenters. The van der Waals surface area contributed by atoms with Crippen LogP contribution >= 0.6 is 23.1 Å². The molecule has 1 saturated heterocycles. The number of aliphatic imine (C=N–C) groups is 1. The van der Waals surface area contributed by atoms with Crippen molar-refractivity contribution in [3.63, 3.8) is 0 Å². The molecule has 0 spiro atoms. The minimum Gasteiger partial charge on any atom is -0.308 e. The van der Waals surface area contributed by atoms with Gasteiger partial charge in [-0.15, -0.1) is 11.3 Å². The molecular formula is C25H24N4OS2. The number of hydrogen-bond acceptors (Lipinski definition) is 5. The van der Waals surface area contributed by atoms with Crippen LogP contribution in [-0.4, -0.2) is 15.6 Å². The Kier molecular flexibility index (Phi) is 6.09. The number of nitrogens with zero attached hydrogens (tertiary/aromatic N) is 3. The molecule has 0 atom stereocenters. The van der Waals surface area contributed by atoms with E-state index < -0.39 is 0 Å². The Labute approximate surface area is 196 Å². The van der Waals surface area contributed by atoms with Gasteiger partial charge >= 0.3 is 0 Å². The summed E-state index contributed by atoms with van der Waals surface area (Å²) in [7, 11) is 0. The number of nitrogens with one attached hydrogen (secondary N) is 1. The van der Waals surface area contributed by atoms with Gasteiger partial charge in [-0.2, -0.15) is 5.26 Å². The highest BCUT2D eigenvalue weighted by atomic mass is 32.2. The number of thioether (sulfide) groups is 1. The fraction of sp³-hybridized carbons (Fsp3) is 0.240. The standard InChI is InChI=1S/C25H24N4OS2/c1-6-18-7-9-20(10-8-18)27-25-28-23(30)22(32-25)12-19-11-14(2)29(16(19)4)24-21(13-26)15(3)17(5)31-24/h7-12H,6H2,1-5H3,(H,27,28,30)/b22-12+. The van der Waals surface area contributed by atoms with E-state index in [0.717, 1.165) is 44.5 Å². The molecule has 5 nitrogen and oxygen atoms in total. The van der Waals surface area contributed by atoms with Crippen molar-refractivity contribution >= 4 is 45.9 Å². The summed E-state index contributed by atoms with van der Waals surface area (Å²) in [5.74, 6) is -0.149. The van der Waals surface area contributed by atoms with Crippen molar-refractivity contribution < 1.29 is 4.79 Å². The number of amides is 1. The maximum Gasteiger partial charge on any atom is 0.264 e. The lowest BCUT2D eigenvalue weighted by atomic mass is 10.2. The Bertz CT molecular complexity index is 1320. The summed E-state index contributed by atoms with van der Waals surface area (Å²) in [6, 6.07) is 12.4. The predicted molar refractivity (Wildman–Crippen MR) is 134 cm³/mol. The van der Waals surface area contributed by atoms with Gasteiger partial charge in [-0.25, -0.2) is 4.99 Å². The number of carbonyl (C=O) groups excluding carboxylic acids is 1. The number of aryl methyl sites for hydroxylation is 3. The molecule has 3 aromatic rings. The van der Waals surface area contributed by atoms with E-state index in [-0.39, 0.29) is 5.91 Å². The van der Waals surface area contributed by atoms with Gasteiger partial charge in [0.15, 0.2) is 5.17 Å². The molecule has 0 radical (unpaired) electrons. The Morgan fingerprint density at radius 1 is 1.19 bits per heavy atom. The molecule has 1 fully saturated rings. The van der Waals surface area contributed by atoms with E-state index in [4.69, 9.17) is 0 Å². The molecule has 0 bridgehead atoms. The van der Waals surface area contributed by atoms with Crippen LogP contribution in [0.15, 0.2) is 40.2 Å². The first-order chi connectivity index (χ1) is 15.3. The van der Waals surface area contributed by atoms with E-state index in [1.54, 1.807) is 11.3 Å². The topological polar surface area (TPSA) is 70.2 Å². The van der Waals surface area contributed by atoms with Gasteiger partial charge in [0.05, 0.1) is 16.2 Å². The number of carbonyl (C=O) groups is 1. The maximum absolute atomic E-state index is 12.6. The summed E-state index contributed by atoms with van der Waals surface area (Å²) >= 11 is 2.97. The van der Waals surface area contributed by atoms with E-state index >= 15 is 0 Å². The Morgan fingerprint density at radius 3 is 2.56 bits per heavy atom. The smallest absolute Gasteiger partial charge is 0.264 e. The van der Waals surface area contributed by atoms with E-state index in [0.29, 0.717) is 15.6 Å². The summed E-state index contributed by atoms with van der Waals surface area (Å²) in [6.45, 7) is 10.2. The van der Waals surface area contributed by atoms with Crippen LogP contribution in [0.4, 0.5) is 5.69 Å². The third-order valence-corrected chi connectivity index (χ3v) is 7.77. The Morgan fingerprint density at radius 2 is 1.91 bits per heavy atom. The summed E-state index contributed by atoms with van der Waals surface area (Å²) in [5, 5.41) is 14.0. The molecule has 1 aliphatic rings. The monoisotopic (exact) mass is 460 g/mol. The molecule has 0 saturated carbocycles. The minimum absolute atomic E-state index is 0.149. The Hall–Kier alpha value is -3.08. The first-order valence-electron chi connectivity index (χ1n) is 10.4. The zero-order chi connectivity index (χ0) is 23.0. The van der Waals surface area contributed by atoms with Crippen molar-refractivity contribution in [2.45, 2.75) is 41.0 Å². The average Bonchev–Trinajstić information content (AvgIpc) is 3.35. The van der Waals surface area contributed by atoms with Crippen molar-refractivity contribution in [1.29, 1.82) is 5.26 Å². The van der Waals surface area contributed by atoms with E-state index in [2.05, 4.69) is 46.1 Å². The molecule has 162 valence electrons. The fourth-order valence-electron chi connectivity index (χ4n) is 3.69. The third-order valence-electron chi connectivity index (χ3n) is 5.66. The first kappa shape index (κ1) is 22.1. The van der Waals surface area contributed by atoms with Gasteiger partial charge in [-0.1, -0.05) is 19.1 Å². The first-order valence-corrected chi connectivity index (χ1v) is 12.0. The SMILES string of the molecule is CCc1ccc(N=C2NC(=O)/C(=C\c3cc(C)n(-c4sc(C)c(C)c4C#N)c3C)S2)cc1. The molecule has 1 aliphatic heterocycles. The highest BCUT2D eigenvalue weighted by Crippen LogP contribution is 2.35. The van der Waals surface area contributed by atoms with Crippen molar-refractivity contribution in [3.8, 4) is 11.1 Å². The van der Waals surface area contributed by atoms with Gasteiger partial charge in [-0.3, -0.25) is 4.79 Å². The zero-order valence-corrected chi connectivity index (χ0v) is 20.4. The normalized spacial score (nSPS) is 16.1. The van der Waals surface area contributed by atoms with Crippen LogP contribution in [0.25, 0.3) is 11.1 Å². The van der Waals surface area contributed by atoms with Gasteiger partial charge in [0.25, 0.3) is 5.91 Å². The summed E-state index contributed by atoms with van der Waals surface area (Å²) in [5.41, 5.74) is 6.80. The number of aromatic nitrogens is 1. The van der Waals surface area contributed by atoms with Gasteiger partial charge in [0.1, 0.15) is 11.1 Å². The molecule has 32 heavy (non-hydrogen) atoms. The minimum atomic E-state index is -0.149. The lowest BCUT2D eigenvalue weighted by molar-refractivity contribution is -0.115. The summed E-state index contributed by atoms with van der Waals surface area (Å²) in [6.07, 6.45) is 2.88. The quantitative estimate of drug-likeness (QED) is 0.478. The highest BCUT2D eigenvalue weighted by molar-refractivity contribution is 8.18. The second kappa shape index (κ2) is 8.81. The van der Waals surface area contributed by atoms with Crippen molar-refractivity contribution in [2.75, 3.05) is 0 Å². The molecular weight excluding hydrogens is 436 g/mol. The van der Waals surface area contributed by atoms with Crippen LogP contribution in [0.5, 0.6) is 0 Å². The zero-order valence-electron chi connectivity index (χ0n) is 18.7. The van der Waals surface area contributed by atoms with Crippen LogP contribution in [0, 0.1) is 39.0 Å². The summed E-state index contributed by atoms with van der Waals surface area (Å²) < 4.78 is 2.11. The van der Waals surface area contributed by atoms with E-state index in [1.807, 2.05) is 45.9 Å². The average molecular weight is 461 g/mol.